The Morgan fingerprint density at radius 3 is 2.12 bits per heavy atom. The number of ether oxygens (including phenoxy) is 1. The van der Waals surface area contributed by atoms with E-state index in [1.807, 2.05) is 0 Å². The molecule has 0 bridgehead atoms. The zero-order chi connectivity index (χ0) is 12.3. The summed E-state index contributed by atoms with van der Waals surface area (Å²) in [5, 5.41) is 3.51. The van der Waals surface area contributed by atoms with E-state index in [1.165, 1.54) is 38.5 Å². The molecule has 0 saturated carbocycles. The minimum Gasteiger partial charge on any atom is -0.381 e. The topological polar surface area (TPSA) is 21.3 Å². The van der Waals surface area contributed by atoms with Gasteiger partial charge in [-0.3, -0.25) is 0 Å². The Labute approximate surface area is 102 Å². The van der Waals surface area contributed by atoms with Crippen molar-refractivity contribution in [2.75, 3.05) is 19.8 Å². The van der Waals surface area contributed by atoms with Gasteiger partial charge in [-0.1, -0.05) is 26.2 Å². The zero-order valence-corrected chi connectivity index (χ0v) is 11.8. The molecule has 16 heavy (non-hydrogen) atoms. The van der Waals surface area contributed by atoms with Gasteiger partial charge in [0.2, 0.25) is 0 Å². The maximum absolute atomic E-state index is 5.52. The summed E-state index contributed by atoms with van der Waals surface area (Å²) in [7, 11) is 0. The van der Waals surface area contributed by atoms with Crippen LogP contribution >= 0.6 is 0 Å². The van der Waals surface area contributed by atoms with Crippen LogP contribution in [-0.2, 0) is 4.74 Å². The van der Waals surface area contributed by atoms with E-state index in [9.17, 15) is 0 Å². The Morgan fingerprint density at radius 2 is 1.50 bits per heavy atom. The predicted octanol–water partition coefficient (Wildman–Crippen LogP) is 3.75. The van der Waals surface area contributed by atoms with Crippen LogP contribution in [0.4, 0.5) is 0 Å². The van der Waals surface area contributed by atoms with E-state index in [0.717, 1.165) is 19.8 Å². The Hall–Kier alpha value is -0.0800. The van der Waals surface area contributed by atoms with Crippen molar-refractivity contribution in [3.63, 3.8) is 0 Å². The summed E-state index contributed by atoms with van der Waals surface area (Å²) in [6.45, 7) is 11.9. The first-order valence-electron chi connectivity index (χ1n) is 6.89. The van der Waals surface area contributed by atoms with Crippen molar-refractivity contribution in [2.45, 2.75) is 71.8 Å². The van der Waals surface area contributed by atoms with Gasteiger partial charge in [0.1, 0.15) is 0 Å². The van der Waals surface area contributed by atoms with Crippen LogP contribution in [0.1, 0.15) is 66.2 Å². The summed E-state index contributed by atoms with van der Waals surface area (Å²) in [5.74, 6) is 0. The van der Waals surface area contributed by atoms with Gasteiger partial charge in [-0.25, -0.2) is 0 Å². The van der Waals surface area contributed by atoms with Crippen LogP contribution in [0.2, 0.25) is 0 Å². The van der Waals surface area contributed by atoms with Crippen molar-refractivity contribution < 1.29 is 4.74 Å². The van der Waals surface area contributed by atoms with Gasteiger partial charge in [0.05, 0.1) is 0 Å². The first-order valence-corrected chi connectivity index (χ1v) is 6.89. The Balaban J connectivity index is 2.99. The first kappa shape index (κ1) is 15.9. The van der Waals surface area contributed by atoms with E-state index in [-0.39, 0.29) is 5.54 Å². The molecule has 2 nitrogen and oxygen atoms in total. The molecule has 0 fully saturated rings. The molecule has 0 aliphatic heterocycles. The lowest BCUT2D eigenvalue weighted by atomic mass is 10.1. The third kappa shape index (κ3) is 13.9. The van der Waals surface area contributed by atoms with Gasteiger partial charge < -0.3 is 10.1 Å². The fourth-order valence-electron chi connectivity index (χ4n) is 1.49. The van der Waals surface area contributed by atoms with E-state index in [1.54, 1.807) is 0 Å². The molecule has 0 atom stereocenters. The Kier molecular flexibility index (Phi) is 10.0. The van der Waals surface area contributed by atoms with E-state index >= 15 is 0 Å². The maximum atomic E-state index is 5.52. The van der Waals surface area contributed by atoms with E-state index in [0.29, 0.717) is 0 Å². The van der Waals surface area contributed by atoms with Crippen LogP contribution in [0.15, 0.2) is 0 Å². The largest absolute Gasteiger partial charge is 0.381 e. The van der Waals surface area contributed by atoms with Crippen LogP contribution in [-0.4, -0.2) is 25.3 Å². The molecule has 0 unspecified atom stereocenters. The number of unbranched alkanes of at least 4 members (excludes halogenated alkanes) is 4. The molecule has 2 heteroatoms. The summed E-state index contributed by atoms with van der Waals surface area (Å²) in [6, 6.07) is 0. The molecule has 0 aliphatic rings. The molecule has 0 rings (SSSR count). The SMILES string of the molecule is CCCCOCCCCCCNC(C)(C)C. The highest BCUT2D eigenvalue weighted by atomic mass is 16.5. The number of hydrogen-bond donors (Lipinski definition) is 1. The van der Waals surface area contributed by atoms with E-state index < -0.39 is 0 Å². The lowest BCUT2D eigenvalue weighted by Gasteiger charge is -2.20. The molecule has 0 heterocycles. The standard InChI is InChI=1S/C14H31NO/c1-5-6-12-16-13-10-8-7-9-11-15-14(2,3)4/h15H,5-13H2,1-4H3. The summed E-state index contributed by atoms with van der Waals surface area (Å²) in [5.41, 5.74) is 0.267. The van der Waals surface area contributed by atoms with Crippen LogP contribution in [0.25, 0.3) is 0 Å². The van der Waals surface area contributed by atoms with Crippen LogP contribution in [0, 0.1) is 0 Å². The summed E-state index contributed by atoms with van der Waals surface area (Å²) < 4.78 is 5.52. The predicted molar refractivity (Wildman–Crippen MR) is 72.0 cm³/mol. The molecule has 0 radical (unpaired) electrons. The van der Waals surface area contributed by atoms with Crippen LogP contribution in [0.3, 0.4) is 0 Å². The molecule has 1 N–H and O–H groups in total. The monoisotopic (exact) mass is 229 g/mol. The smallest absolute Gasteiger partial charge is 0.0466 e. The highest BCUT2D eigenvalue weighted by molar-refractivity contribution is 4.69. The molecule has 0 aromatic carbocycles. The molecule has 0 saturated heterocycles. The van der Waals surface area contributed by atoms with Crippen LogP contribution in [0.5, 0.6) is 0 Å². The summed E-state index contributed by atoms with van der Waals surface area (Å²) in [6.07, 6.45) is 7.57. The van der Waals surface area contributed by atoms with Gasteiger partial charge >= 0.3 is 0 Å². The molecular weight excluding hydrogens is 198 g/mol. The highest BCUT2D eigenvalue weighted by Gasteiger charge is 2.06. The van der Waals surface area contributed by atoms with Crippen molar-refractivity contribution >= 4 is 0 Å². The van der Waals surface area contributed by atoms with E-state index in [2.05, 4.69) is 33.0 Å². The molecule has 0 amide bonds. The summed E-state index contributed by atoms with van der Waals surface area (Å²) in [4.78, 5) is 0. The number of nitrogens with one attached hydrogen (secondary N) is 1. The third-order valence-electron chi connectivity index (χ3n) is 2.51. The number of rotatable bonds is 10. The van der Waals surface area contributed by atoms with Crippen molar-refractivity contribution in [3.05, 3.63) is 0 Å². The van der Waals surface area contributed by atoms with Gasteiger partial charge in [0.15, 0.2) is 0 Å². The minimum atomic E-state index is 0.267. The quantitative estimate of drug-likeness (QED) is 0.576. The van der Waals surface area contributed by atoms with Gasteiger partial charge in [0.25, 0.3) is 0 Å². The summed E-state index contributed by atoms with van der Waals surface area (Å²) >= 11 is 0. The van der Waals surface area contributed by atoms with E-state index in [4.69, 9.17) is 4.74 Å². The van der Waals surface area contributed by atoms with Crippen molar-refractivity contribution in [3.8, 4) is 0 Å². The lowest BCUT2D eigenvalue weighted by molar-refractivity contribution is 0.127. The second kappa shape index (κ2) is 10.1. The molecule has 0 aromatic rings. The van der Waals surface area contributed by atoms with Gasteiger partial charge in [-0.15, -0.1) is 0 Å². The molecule has 0 aliphatic carbocycles. The van der Waals surface area contributed by atoms with Crippen LogP contribution < -0.4 is 5.32 Å². The fraction of sp³-hybridized carbons (Fsp3) is 1.00. The van der Waals surface area contributed by atoms with Gasteiger partial charge in [-0.05, 0) is 46.6 Å². The fourth-order valence-corrected chi connectivity index (χ4v) is 1.49. The average Bonchev–Trinajstić information content (AvgIpc) is 2.19. The van der Waals surface area contributed by atoms with Gasteiger partial charge in [0, 0.05) is 18.8 Å². The molecule has 0 spiro atoms. The highest BCUT2D eigenvalue weighted by Crippen LogP contribution is 2.03. The average molecular weight is 229 g/mol. The van der Waals surface area contributed by atoms with Crippen molar-refractivity contribution in [2.24, 2.45) is 0 Å². The second-order valence-corrected chi connectivity index (χ2v) is 5.56. The maximum Gasteiger partial charge on any atom is 0.0466 e. The van der Waals surface area contributed by atoms with Crippen molar-refractivity contribution in [1.82, 2.24) is 5.32 Å². The number of hydrogen-bond acceptors (Lipinski definition) is 2. The normalized spacial score (nSPS) is 12.0. The third-order valence-corrected chi connectivity index (χ3v) is 2.51. The first-order chi connectivity index (χ1) is 7.56. The molecular formula is C14H31NO. The minimum absolute atomic E-state index is 0.267. The molecule has 0 aromatic heterocycles. The van der Waals surface area contributed by atoms with Gasteiger partial charge in [-0.2, -0.15) is 0 Å². The Bertz CT molecular complexity index is 140. The second-order valence-electron chi connectivity index (χ2n) is 5.56. The lowest BCUT2D eigenvalue weighted by Crippen LogP contribution is -2.36. The van der Waals surface area contributed by atoms with Crippen molar-refractivity contribution in [1.29, 1.82) is 0 Å². The molecule has 98 valence electrons. The Morgan fingerprint density at radius 1 is 0.875 bits per heavy atom. The zero-order valence-electron chi connectivity index (χ0n) is 11.8.